The number of carbonyl (C=O) groups excluding carboxylic acids is 2. The van der Waals surface area contributed by atoms with Crippen molar-refractivity contribution in [1.82, 2.24) is 4.90 Å². The van der Waals surface area contributed by atoms with E-state index < -0.39 is 17.8 Å². The molecular weight excluding hydrogens is 318 g/mol. The predicted octanol–water partition coefficient (Wildman–Crippen LogP) is 1.69. The van der Waals surface area contributed by atoms with Crippen molar-refractivity contribution in [3.8, 4) is 0 Å². The van der Waals surface area contributed by atoms with Crippen molar-refractivity contribution in [1.29, 1.82) is 0 Å². The number of nitrogens with zero attached hydrogens (tertiary/aromatic N) is 1. The van der Waals surface area contributed by atoms with Gasteiger partial charge in [-0.25, -0.2) is 0 Å². The van der Waals surface area contributed by atoms with Gasteiger partial charge >= 0.3 is 5.97 Å². The fourth-order valence-corrected chi connectivity index (χ4v) is 3.97. The minimum Gasteiger partial charge on any atom is -0.481 e. The Morgan fingerprint density at radius 2 is 2.13 bits per heavy atom. The second-order valence-electron chi connectivity index (χ2n) is 6.16. The fraction of sp³-hybridized carbons (Fsp3) is 0.688. The fourth-order valence-electron chi connectivity index (χ4n) is 3.03. The van der Waals surface area contributed by atoms with Crippen molar-refractivity contribution >= 4 is 29.4 Å². The van der Waals surface area contributed by atoms with Gasteiger partial charge in [-0.15, -0.1) is 11.8 Å². The van der Waals surface area contributed by atoms with Crippen LogP contribution in [0, 0.1) is 5.92 Å². The Labute approximate surface area is 140 Å². The molecule has 2 rings (SSSR count). The van der Waals surface area contributed by atoms with E-state index in [1.165, 1.54) is 11.8 Å². The lowest BCUT2D eigenvalue weighted by Gasteiger charge is -2.28. The zero-order chi connectivity index (χ0) is 17.1. The number of rotatable bonds is 7. The summed E-state index contributed by atoms with van der Waals surface area (Å²) in [7, 11) is 0. The summed E-state index contributed by atoms with van der Waals surface area (Å²) in [6.45, 7) is 4.61. The third-order valence-corrected chi connectivity index (χ3v) is 5.08. The Morgan fingerprint density at radius 1 is 1.43 bits per heavy atom. The van der Waals surface area contributed by atoms with Gasteiger partial charge in [0.05, 0.1) is 12.5 Å². The van der Waals surface area contributed by atoms with E-state index in [-0.39, 0.29) is 29.3 Å². The summed E-state index contributed by atoms with van der Waals surface area (Å²) in [4.78, 5) is 38.0. The van der Waals surface area contributed by atoms with E-state index in [9.17, 15) is 14.4 Å². The Balaban J connectivity index is 2.33. The average molecular weight is 341 g/mol. The topological polar surface area (TPSA) is 83.9 Å². The molecule has 23 heavy (non-hydrogen) atoms. The number of ether oxygens (including phenoxy) is 1. The van der Waals surface area contributed by atoms with Crippen molar-refractivity contribution in [2.24, 2.45) is 5.92 Å². The molecule has 1 amide bonds. The maximum absolute atomic E-state index is 12.7. The lowest BCUT2D eigenvalue weighted by atomic mass is 9.96. The molecule has 0 radical (unpaired) electrons. The average Bonchev–Trinajstić information content (AvgIpc) is 3.07. The van der Waals surface area contributed by atoms with Gasteiger partial charge in [-0.1, -0.05) is 13.8 Å². The van der Waals surface area contributed by atoms with Crippen LogP contribution in [0.25, 0.3) is 0 Å². The van der Waals surface area contributed by atoms with Crippen LogP contribution in [-0.2, 0) is 19.1 Å². The summed E-state index contributed by atoms with van der Waals surface area (Å²) < 4.78 is 5.59. The lowest BCUT2D eigenvalue weighted by molar-refractivity contribution is -0.137. The third-order valence-electron chi connectivity index (χ3n) is 4.14. The molecule has 2 heterocycles. The number of hydrogen-bond acceptors (Lipinski definition) is 5. The van der Waals surface area contributed by atoms with Crippen LogP contribution in [0.5, 0.6) is 0 Å². The molecule has 0 aromatic carbocycles. The predicted molar refractivity (Wildman–Crippen MR) is 87.1 cm³/mol. The Bertz CT molecular complexity index is 537. The van der Waals surface area contributed by atoms with Crippen LogP contribution in [0.2, 0.25) is 0 Å². The van der Waals surface area contributed by atoms with Crippen molar-refractivity contribution in [2.45, 2.75) is 44.6 Å². The number of amides is 1. The Morgan fingerprint density at radius 3 is 2.61 bits per heavy atom. The molecule has 0 saturated carbocycles. The van der Waals surface area contributed by atoms with Gasteiger partial charge in [0.1, 0.15) is 5.37 Å². The molecule has 1 saturated heterocycles. The van der Waals surface area contributed by atoms with Crippen molar-refractivity contribution < 1.29 is 24.2 Å². The SMILES string of the molecule is CS[C@H]1C(C(=O)C(C)C)=C(CC(=O)O)C(=O)N1C[C@H]1CCCO1. The van der Waals surface area contributed by atoms with Crippen LogP contribution < -0.4 is 0 Å². The van der Waals surface area contributed by atoms with Crippen molar-refractivity contribution in [3.63, 3.8) is 0 Å². The number of aliphatic carboxylic acids is 1. The number of thioether (sulfide) groups is 1. The van der Waals surface area contributed by atoms with Crippen LogP contribution in [0.15, 0.2) is 11.1 Å². The first-order valence-electron chi connectivity index (χ1n) is 7.81. The highest BCUT2D eigenvalue weighted by molar-refractivity contribution is 7.99. The quantitative estimate of drug-likeness (QED) is 0.759. The highest BCUT2D eigenvalue weighted by Crippen LogP contribution is 2.36. The number of hydrogen-bond donors (Lipinski definition) is 1. The maximum Gasteiger partial charge on any atom is 0.308 e. The molecule has 6 nitrogen and oxygen atoms in total. The van der Waals surface area contributed by atoms with Crippen molar-refractivity contribution in [2.75, 3.05) is 19.4 Å². The summed E-state index contributed by atoms with van der Waals surface area (Å²) in [6, 6.07) is 0. The first-order chi connectivity index (χ1) is 10.9. The van der Waals surface area contributed by atoms with Crippen molar-refractivity contribution in [3.05, 3.63) is 11.1 Å². The van der Waals surface area contributed by atoms with E-state index in [4.69, 9.17) is 9.84 Å². The number of carboxylic acid groups (broad SMARTS) is 1. The zero-order valence-electron chi connectivity index (χ0n) is 13.7. The molecule has 2 aliphatic rings. The third kappa shape index (κ3) is 3.77. The molecule has 7 heteroatoms. The van der Waals surface area contributed by atoms with Gasteiger partial charge in [-0.2, -0.15) is 0 Å². The molecule has 2 atom stereocenters. The van der Waals surface area contributed by atoms with E-state index in [2.05, 4.69) is 0 Å². The van der Waals surface area contributed by atoms with Gasteiger partial charge in [-0.05, 0) is 19.1 Å². The van der Waals surface area contributed by atoms with E-state index in [0.717, 1.165) is 12.8 Å². The van der Waals surface area contributed by atoms with Gasteiger partial charge in [0.15, 0.2) is 5.78 Å². The van der Waals surface area contributed by atoms with Gasteiger partial charge in [0, 0.05) is 30.2 Å². The van der Waals surface area contributed by atoms with E-state index >= 15 is 0 Å². The largest absolute Gasteiger partial charge is 0.481 e. The molecule has 0 aromatic heterocycles. The van der Waals surface area contributed by atoms with Gasteiger partial charge in [-0.3, -0.25) is 14.4 Å². The standard InChI is InChI=1S/C16H23NO5S/c1-9(2)14(20)13-11(7-12(18)19)15(21)17(16(13)23-3)8-10-5-4-6-22-10/h9-10,16H,4-8H2,1-3H3,(H,18,19)/t10-,16+/m1/s1. The number of carbonyl (C=O) groups is 3. The summed E-state index contributed by atoms with van der Waals surface area (Å²) in [5, 5.41) is 8.69. The first-order valence-corrected chi connectivity index (χ1v) is 9.10. The summed E-state index contributed by atoms with van der Waals surface area (Å²) in [5.41, 5.74) is 0.492. The maximum atomic E-state index is 12.7. The normalized spacial score (nSPS) is 24.9. The Hall–Kier alpha value is -1.34. The molecular formula is C16H23NO5S. The van der Waals surface area contributed by atoms with Crippen LogP contribution in [-0.4, -0.2) is 58.6 Å². The van der Waals surface area contributed by atoms with E-state index in [1.807, 2.05) is 6.26 Å². The van der Waals surface area contributed by atoms with Crippen LogP contribution in [0.4, 0.5) is 0 Å². The van der Waals surface area contributed by atoms with Crippen LogP contribution in [0.1, 0.15) is 33.1 Å². The minimum absolute atomic E-state index is 0.0341. The van der Waals surface area contributed by atoms with Crippen LogP contribution in [0.3, 0.4) is 0 Å². The molecule has 0 spiro atoms. The van der Waals surface area contributed by atoms with E-state index in [1.54, 1.807) is 18.7 Å². The number of ketones is 1. The second kappa shape index (κ2) is 7.49. The summed E-state index contributed by atoms with van der Waals surface area (Å²) >= 11 is 1.39. The summed E-state index contributed by atoms with van der Waals surface area (Å²) in [6.07, 6.45) is 3.23. The molecule has 1 fully saturated rings. The highest BCUT2D eigenvalue weighted by Gasteiger charge is 2.43. The Kier molecular flexibility index (Phi) is 5.86. The lowest BCUT2D eigenvalue weighted by Crippen LogP contribution is -2.40. The first kappa shape index (κ1) is 18.0. The zero-order valence-corrected chi connectivity index (χ0v) is 14.5. The molecule has 0 aromatic rings. The van der Waals surface area contributed by atoms with Gasteiger partial charge < -0.3 is 14.7 Å². The number of carboxylic acids is 1. The minimum atomic E-state index is -1.10. The molecule has 1 N–H and O–H groups in total. The molecule has 128 valence electrons. The smallest absolute Gasteiger partial charge is 0.308 e. The number of Topliss-reactive ketones (excluding diaryl/α,β-unsaturated/α-hetero) is 1. The summed E-state index contributed by atoms with van der Waals surface area (Å²) in [5.74, 6) is -1.87. The monoisotopic (exact) mass is 341 g/mol. The molecule has 0 unspecified atom stereocenters. The van der Waals surface area contributed by atoms with E-state index in [0.29, 0.717) is 18.7 Å². The van der Waals surface area contributed by atoms with Crippen LogP contribution >= 0.6 is 11.8 Å². The highest BCUT2D eigenvalue weighted by atomic mass is 32.2. The molecule has 0 bridgehead atoms. The molecule has 0 aliphatic carbocycles. The molecule has 2 aliphatic heterocycles. The van der Waals surface area contributed by atoms with Gasteiger partial charge in [0.25, 0.3) is 5.91 Å². The van der Waals surface area contributed by atoms with Gasteiger partial charge in [0.2, 0.25) is 0 Å². The second-order valence-corrected chi connectivity index (χ2v) is 7.08.